The fourth-order valence-electron chi connectivity index (χ4n) is 0.697. The van der Waals surface area contributed by atoms with E-state index in [0.717, 1.165) is 6.07 Å². The number of hydrogen-bond acceptors (Lipinski definition) is 3. The second-order valence-electron chi connectivity index (χ2n) is 2.00. The quantitative estimate of drug-likeness (QED) is 0.334. The van der Waals surface area contributed by atoms with Crippen molar-refractivity contribution in [1.82, 2.24) is 4.98 Å². The molecule has 0 bridgehead atoms. The number of pyridine rings is 1. The molecule has 0 radical (unpaired) electrons. The van der Waals surface area contributed by atoms with E-state index in [2.05, 4.69) is 4.98 Å². The first-order valence-electron chi connectivity index (χ1n) is 3.00. The van der Waals surface area contributed by atoms with E-state index in [1.807, 2.05) is 0 Å². The molecule has 12 heavy (non-hydrogen) atoms. The van der Waals surface area contributed by atoms with Gasteiger partial charge in [-0.05, 0) is 12.1 Å². The number of aliphatic carboxylic acids is 1. The third-order valence-electron chi connectivity index (χ3n) is 1.10. The molecule has 0 aromatic carbocycles. The molecule has 3 nitrogen and oxygen atoms in total. The van der Waals surface area contributed by atoms with Crippen molar-refractivity contribution in [3.8, 4) is 0 Å². The van der Waals surface area contributed by atoms with Gasteiger partial charge in [0.25, 0.3) is 0 Å². The number of carbonyl (C=O) groups excluding carboxylic acids is 1. The summed E-state index contributed by atoms with van der Waals surface area (Å²) >= 11 is 0. The van der Waals surface area contributed by atoms with Crippen molar-refractivity contribution in [3.05, 3.63) is 29.8 Å². The Kier molecular flexibility index (Phi) is 4.56. The van der Waals surface area contributed by atoms with Crippen LogP contribution in [0.4, 0.5) is 4.39 Å². The molecule has 0 aliphatic carbocycles. The average molecular weight is 161 g/mol. The smallest absolute Gasteiger partial charge is 0.550 e. The Morgan fingerprint density at radius 1 is 1.58 bits per heavy atom. The van der Waals surface area contributed by atoms with Crippen LogP contribution in [0.3, 0.4) is 0 Å². The second kappa shape index (κ2) is 4.91. The molecule has 0 fully saturated rings. The van der Waals surface area contributed by atoms with E-state index >= 15 is 0 Å². The molecular formula is C7H5FLiNO2. The van der Waals surface area contributed by atoms with Gasteiger partial charge in [-0.1, -0.05) is 6.07 Å². The molecule has 0 atom stereocenters. The van der Waals surface area contributed by atoms with Crippen LogP contribution in [0, 0.1) is 5.95 Å². The average Bonchev–Trinajstić information content (AvgIpc) is 1.85. The molecule has 0 saturated heterocycles. The van der Waals surface area contributed by atoms with E-state index in [4.69, 9.17) is 0 Å². The maximum absolute atomic E-state index is 12.3. The van der Waals surface area contributed by atoms with Crippen molar-refractivity contribution in [3.63, 3.8) is 0 Å². The van der Waals surface area contributed by atoms with Crippen LogP contribution in [0.1, 0.15) is 5.69 Å². The number of halogens is 1. The van der Waals surface area contributed by atoms with Crippen LogP contribution in [0.5, 0.6) is 0 Å². The van der Waals surface area contributed by atoms with Crippen LogP contribution in [0.25, 0.3) is 0 Å². The predicted octanol–water partition coefficient (Wildman–Crippen LogP) is -3.48. The first-order valence-corrected chi connectivity index (χ1v) is 3.00. The fourth-order valence-corrected chi connectivity index (χ4v) is 0.697. The van der Waals surface area contributed by atoms with Crippen LogP contribution in [-0.4, -0.2) is 11.0 Å². The number of aromatic nitrogens is 1. The summed E-state index contributed by atoms with van der Waals surface area (Å²) in [5, 5.41) is 10.0. The van der Waals surface area contributed by atoms with E-state index in [9.17, 15) is 14.3 Å². The first kappa shape index (κ1) is 11.1. The summed E-state index contributed by atoms with van der Waals surface area (Å²) < 4.78 is 12.3. The maximum Gasteiger partial charge on any atom is 1.00 e. The maximum atomic E-state index is 12.3. The van der Waals surface area contributed by atoms with Crippen LogP contribution in [0.2, 0.25) is 0 Å². The zero-order valence-electron chi connectivity index (χ0n) is 6.58. The number of carboxylic acid groups (broad SMARTS) is 1. The third-order valence-corrected chi connectivity index (χ3v) is 1.10. The molecule has 0 aliphatic heterocycles. The van der Waals surface area contributed by atoms with Gasteiger partial charge in [-0.3, -0.25) is 0 Å². The van der Waals surface area contributed by atoms with E-state index in [1.54, 1.807) is 0 Å². The van der Waals surface area contributed by atoms with Crippen molar-refractivity contribution >= 4 is 5.97 Å². The monoisotopic (exact) mass is 161 g/mol. The zero-order valence-corrected chi connectivity index (χ0v) is 6.58. The molecule has 0 N–H and O–H groups in total. The standard InChI is InChI=1S/C7H6FNO2.Li/c8-6-3-1-2-5(9-6)4-7(10)11;/h1-3H,4H2,(H,10,11);/q;+1/p-1. The SMILES string of the molecule is O=C([O-])Cc1cccc(F)n1.[Li+]. The first-order chi connectivity index (χ1) is 5.18. The Labute approximate surface area is 80.8 Å². The molecule has 1 heterocycles. The van der Waals surface area contributed by atoms with Gasteiger partial charge in [-0.15, -0.1) is 0 Å². The second-order valence-corrected chi connectivity index (χ2v) is 2.00. The molecule has 0 spiro atoms. The summed E-state index contributed by atoms with van der Waals surface area (Å²) in [5.41, 5.74) is 0.171. The van der Waals surface area contributed by atoms with Gasteiger partial charge < -0.3 is 9.90 Å². The van der Waals surface area contributed by atoms with Crippen molar-refractivity contribution in [2.24, 2.45) is 0 Å². The Hall–Kier alpha value is -0.853. The van der Waals surface area contributed by atoms with Crippen LogP contribution >= 0.6 is 0 Å². The van der Waals surface area contributed by atoms with Gasteiger partial charge >= 0.3 is 18.9 Å². The summed E-state index contributed by atoms with van der Waals surface area (Å²) in [6, 6.07) is 3.98. The summed E-state index contributed by atoms with van der Waals surface area (Å²) in [6.07, 6.45) is -0.349. The van der Waals surface area contributed by atoms with Crippen LogP contribution < -0.4 is 24.0 Å². The molecule has 58 valence electrons. The minimum absolute atomic E-state index is 0. The summed E-state index contributed by atoms with van der Waals surface area (Å²) in [7, 11) is 0. The zero-order chi connectivity index (χ0) is 8.27. The van der Waals surface area contributed by atoms with Gasteiger partial charge in [0.05, 0.1) is 0 Å². The van der Waals surface area contributed by atoms with E-state index in [1.165, 1.54) is 12.1 Å². The molecule has 0 amide bonds. The summed E-state index contributed by atoms with van der Waals surface area (Å²) in [5.74, 6) is -1.94. The van der Waals surface area contributed by atoms with Crippen molar-refractivity contribution < 1.29 is 33.2 Å². The van der Waals surface area contributed by atoms with Gasteiger partial charge in [0, 0.05) is 18.1 Å². The Bertz CT molecular complexity index is 280. The number of nitrogens with zero attached hydrogens (tertiary/aromatic N) is 1. The molecule has 1 aromatic rings. The van der Waals surface area contributed by atoms with E-state index < -0.39 is 11.9 Å². The number of carbonyl (C=O) groups is 1. The van der Waals surface area contributed by atoms with E-state index in [-0.39, 0.29) is 31.0 Å². The minimum Gasteiger partial charge on any atom is -0.550 e. The third kappa shape index (κ3) is 3.51. The van der Waals surface area contributed by atoms with Gasteiger partial charge in [0.2, 0.25) is 5.95 Å². The summed E-state index contributed by atoms with van der Waals surface area (Å²) in [6.45, 7) is 0. The Morgan fingerprint density at radius 3 is 2.75 bits per heavy atom. The number of carboxylic acids is 1. The van der Waals surface area contributed by atoms with Crippen molar-refractivity contribution in [2.75, 3.05) is 0 Å². The van der Waals surface area contributed by atoms with Crippen molar-refractivity contribution in [1.29, 1.82) is 0 Å². The molecule has 0 unspecified atom stereocenters. The van der Waals surface area contributed by atoms with Gasteiger partial charge in [-0.25, -0.2) is 4.98 Å². The number of rotatable bonds is 2. The van der Waals surface area contributed by atoms with Gasteiger partial charge in [0.1, 0.15) is 0 Å². The number of hydrogen-bond donors (Lipinski definition) is 0. The van der Waals surface area contributed by atoms with Crippen LogP contribution in [-0.2, 0) is 11.2 Å². The summed E-state index contributed by atoms with van der Waals surface area (Å²) in [4.78, 5) is 13.3. The van der Waals surface area contributed by atoms with Gasteiger partial charge in [-0.2, -0.15) is 4.39 Å². The molecule has 5 heteroatoms. The molecule has 0 saturated carbocycles. The Morgan fingerprint density at radius 2 is 2.25 bits per heavy atom. The Balaban J connectivity index is 0.00000121. The van der Waals surface area contributed by atoms with Crippen molar-refractivity contribution in [2.45, 2.75) is 6.42 Å². The molecule has 1 aromatic heterocycles. The van der Waals surface area contributed by atoms with Crippen LogP contribution in [0.15, 0.2) is 18.2 Å². The molecule has 0 aliphatic rings. The van der Waals surface area contributed by atoms with E-state index in [0.29, 0.717) is 0 Å². The normalized spacial score (nSPS) is 8.75. The predicted molar refractivity (Wildman–Crippen MR) is 32.9 cm³/mol. The largest absolute Gasteiger partial charge is 1.00 e. The molecular weight excluding hydrogens is 156 g/mol. The minimum atomic E-state index is -1.26. The van der Waals surface area contributed by atoms with Gasteiger partial charge in [0.15, 0.2) is 0 Å². The molecule has 1 rings (SSSR count). The fraction of sp³-hybridized carbons (Fsp3) is 0.143. The topological polar surface area (TPSA) is 53.0 Å².